The zero-order valence-corrected chi connectivity index (χ0v) is 13.1. The Hall–Kier alpha value is -2.08. The lowest BCUT2D eigenvalue weighted by molar-refractivity contribution is 1.07. The molecule has 0 aliphatic heterocycles. The third kappa shape index (κ3) is 2.85. The molecule has 0 heterocycles. The first-order chi connectivity index (χ1) is 10.2. The summed E-state index contributed by atoms with van der Waals surface area (Å²) in [5.74, 6) is 0. The molecule has 0 N–H and O–H groups in total. The number of benzene rings is 3. The van der Waals surface area contributed by atoms with Gasteiger partial charge in [0.2, 0.25) is 0 Å². The zero-order valence-electron chi connectivity index (χ0n) is 13.1. The van der Waals surface area contributed by atoms with Crippen LogP contribution in [0.3, 0.4) is 0 Å². The van der Waals surface area contributed by atoms with Gasteiger partial charge in [0.15, 0.2) is 0 Å². The summed E-state index contributed by atoms with van der Waals surface area (Å²) in [5.41, 5.74) is 7.07. The van der Waals surface area contributed by atoms with E-state index in [-0.39, 0.29) is 0 Å². The minimum atomic E-state index is 1.02. The van der Waals surface area contributed by atoms with Crippen molar-refractivity contribution in [2.75, 3.05) is 0 Å². The van der Waals surface area contributed by atoms with E-state index in [0.29, 0.717) is 0 Å². The Kier molecular flexibility index (Phi) is 3.79. The van der Waals surface area contributed by atoms with Crippen LogP contribution in [0.4, 0.5) is 0 Å². The zero-order chi connectivity index (χ0) is 14.8. The van der Waals surface area contributed by atoms with Crippen LogP contribution in [-0.2, 0) is 12.8 Å². The van der Waals surface area contributed by atoms with Crippen LogP contribution in [-0.4, -0.2) is 0 Å². The smallest absolute Gasteiger partial charge is 0.00226 e. The van der Waals surface area contributed by atoms with E-state index >= 15 is 0 Å². The average molecular weight is 274 g/mol. The Balaban J connectivity index is 2.07. The van der Waals surface area contributed by atoms with E-state index in [1.54, 1.807) is 0 Å². The van der Waals surface area contributed by atoms with Crippen molar-refractivity contribution in [3.63, 3.8) is 0 Å². The van der Waals surface area contributed by atoms with Gasteiger partial charge in [-0.25, -0.2) is 0 Å². The first-order valence-electron chi connectivity index (χ1n) is 7.74. The first-order valence-corrected chi connectivity index (χ1v) is 7.74. The molecule has 0 aliphatic rings. The van der Waals surface area contributed by atoms with Crippen LogP contribution in [0.25, 0.3) is 10.8 Å². The molecule has 0 nitrogen and oxygen atoms in total. The van der Waals surface area contributed by atoms with Gasteiger partial charge in [0.25, 0.3) is 0 Å². The predicted octanol–water partition coefficient (Wildman–Crippen LogP) is 5.61. The third-order valence-corrected chi connectivity index (χ3v) is 4.17. The van der Waals surface area contributed by atoms with Crippen LogP contribution < -0.4 is 0 Å². The van der Waals surface area contributed by atoms with Gasteiger partial charge in [0, 0.05) is 0 Å². The van der Waals surface area contributed by atoms with E-state index in [1.165, 1.54) is 38.6 Å². The summed E-state index contributed by atoms with van der Waals surface area (Å²) in [6.45, 7) is 6.61. The molecule has 0 fully saturated rings. The van der Waals surface area contributed by atoms with Crippen molar-refractivity contribution in [3.8, 4) is 0 Å². The highest BCUT2D eigenvalue weighted by Crippen LogP contribution is 2.25. The van der Waals surface area contributed by atoms with Crippen molar-refractivity contribution in [2.45, 2.75) is 33.6 Å². The van der Waals surface area contributed by atoms with Gasteiger partial charge in [-0.15, -0.1) is 0 Å². The minimum absolute atomic E-state index is 1.02. The van der Waals surface area contributed by atoms with Gasteiger partial charge in [-0.3, -0.25) is 0 Å². The molecule has 0 atom stereocenters. The maximum Gasteiger partial charge on any atom is -0.00226 e. The minimum Gasteiger partial charge on any atom is -0.0616 e. The number of rotatable bonds is 3. The SMILES string of the molecule is CCc1c(Cc2cc(C)cc(C)c2)ccc2ccccc12. The van der Waals surface area contributed by atoms with E-state index < -0.39 is 0 Å². The standard InChI is InChI=1S/C21H22/c1-4-20-19(10-9-18-7-5-6-8-21(18)20)14-17-12-15(2)11-16(3)13-17/h5-13H,4,14H2,1-3H3. The molecule has 0 amide bonds. The topological polar surface area (TPSA) is 0 Å². The third-order valence-electron chi connectivity index (χ3n) is 4.17. The van der Waals surface area contributed by atoms with Gasteiger partial charge in [0.1, 0.15) is 0 Å². The number of fused-ring (bicyclic) bond motifs is 1. The Morgan fingerprint density at radius 1 is 0.810 bits per heavy atom. The highest BCUT2D eigenvalue weighted by molar-refractivity contribution is 5.86. The van der Waals surface area contributed by atoms with E-state index in [2.05, 4.69) is 75.4 Å². The normalized spacial score (nSPS) is 11.0. The summed E-state index contributed by atoms with van der Waals surface area (Å²) in [6.07, 6.45) is 2.11. The van der Waals surface area contributed by atoms with Crippen LogP contribution in [0.5, 0.6) is 0 Å². The van der Waals surface area contributed by atoms with Crippen LogP contribution in [0.15, 0.2) is 54.6 Å². The van der Waals surface area contributed by atoms with Gasteiger partial charge < -0.3 is 0 Å². The molecule has 0 spiro atoms. The number of hydrogen-bond acceptors (Lipinski definition) is 0. The maximum absolute atomic E-state index is 2.31. The largest absolute Gasteiger partial charge is 0.0616 e. The number of aryl methyl sites for hydroxylation is 3. The van der Waals surface area contributed by atoms with Crippen LogP contribution in [0.2, 0.25) is 0 Å². The molecule has 0 aromatic heterocycles. The van der Waals surface area contributed by atoms with Gasteiger partial charge in [-0.05, 0) is 54.2 Å². The fourth-order valence-corrected chi connectivity index (χ4v) is 3.36. The Bertz CT molecular complexity index is 761. The van der Waals surface area contributed by atoms with Crippen molar-refractivity contribution in [3.05, 3.63) is 82.4 Å². The van der Waals surface area contributed by atoms with Gasteiger partial charge in [-0.1, -0.05) is 72.6 Å². The summed E-state index contributed by atoms with van der Waals surface area (Å²) in [5, 5.41) is 2.75. The summed E-state index contributed by atoms with van der Waals surface area (Å²) in [7, 11) is 0. The number of hydrogen-bond donors (Lipinski definition) is 0. The molecule has 0 radical (unpaired) electrons. The predicted molar refractivity (Wildman–Crippen MR) is 92.0 cm³/mol. The molecule has 21 heavy (non-hydrogen) atoms. The second kappa shape index (κ2) is 5.73. The molecular formula is C21H22. The second-order valence-corrected chi connectivity index (χ2v) is 5.95. The summed E-state index contributed by atoms with van der Waals surface area (Å²) < 4.78 is 0. The van der Waals surface area contributed by atoms with Crippen molar-refractivity contribution >= 4 is 10.8 Å². The summed E-state index contributed by atoms with van der Waals surface area (Å²) in [6, 6.07) is 20.1. The van der Waals surface area contributed by atoms with E-state index in [9.17, 15) is 0 Å². The summed E-state index contributed by atoms with van der Waals surface area (Å²) in [4.78, 5) is 0. The quantitative estimate of drug-likeness (QED) is 0.582. The van der Waals surface area contributed by atoms with Gasteiger partial charge in [-0.2, -0.15) is 0 Å². The summed E-state index contributed by atoms with van der Waals surface area (Å²) >= 11 is 0. The van der Waals surface area contributed by atoms with Crippen molar-refractivity contribution < 1.29 is 0 Å². The van der Waals surface area contributed by atoms with Gasteiger partial charge >= 0.3 is 0 Å². The molecule has 0 unspecified atom stereocenters. The molecule has 3 rings (SSSR count). The lowest BCUT2D eigenvalue weighted by Gasteiger charge is -2.13. The monoisotopic (exact) mass is 274 g/mol. The van der Waals surface area contributed by atoms with E-state index in [4.69, 9.17) is 0 Å². The lowest BCUT2D eigenvalue weighted by Crippen LogP contribution is -1.97. The molecule has 3 aromatic carbocycles. The molecule has 3 aromatic rings. The molecule has 106 valence electrons. The lowest BCUT2D eigenvalue weighted by atomic mass is 9.92. The van der Waals surface area contributed by atoms with Crippen LogP contribution >= 0.6 is 0 Å². The Morgan fingerprint density at radius 2 is 1.52 bits per heavy atom. The molecular weight excluding hydrogens is 252 g/mol. The van der Waals surface area contributed by atoms with Crippen LogP contribution in [0, 0.1) is 13.8 Å². The molecule has 0 bridgehead atoms. The molecule has 0 heteroatoms. The molecule has 0 aliphatic carbocycles. The maximum atomic E-state index is 2.31. The van der Waals surface area contributed by atoms with Crippen molar-refractivity contribution in [1.82, 2.24) is 0 Å². The fourth-order valence-electron chi connectivity index (χ4n) is 3.36. The molecule has 0 saturated heterocycles. The Labute approximate surface area is 127 Å². The second-order valence-electron chi connectivity index (χ2n) is 5.95. The average Bonchev–Trinajstić information content (AvgIpc) is 2.46. The first kappa shape index (κ1) is 13.9. The van der Waals surface area contributed by atoms with Crippen molar-refractivity contribution in [2.24, 2.45) is 0 Å². The highest BCUT2D eigenvalue weighted by Gasteiger charge is 2.07. The van der Waals surface area contributed by atoms with Gasteiger partial charge in [0.05, 0.1) is 0 Å². The fraction of sp³-hybridized carbons (Fsp3) is 0.238. The highest BCUT2D eigenvalue weighted by atomic mass is 14.1. The van der Waals surface area contributed by atoms with Crippen LogP contribution in [0.1, 0.15) is 34.7 Å². The van der Waals surface area contributed by atoms with E-state index in [0.717, 1.165) is 12.8 Å². The van der Waals surface area contributed by atoms with E-state index in [1.807, 2.05) is 0 Å². The Morgan fingerprint density at radius 3 is 2.24 bits per heavy atom. The molecule has 0 saturated carbocycles. The van der Waals surface area contributed by atoms with Crippen molar-refractivity contribution in [1.29, 1.82) is 0 Å².